The Morgan fingerprint density at radius 3 is 2.58 bits per heavy atom. The molecule has 1 aliphatic rings. The normalized spacial score (nSPS) is 17.9. The Labute approximate surface area is 119 Å². The Balaban J connectivity index is 2.24. The van der Waals surface area contributed by atoms with Gasteiger partial charge >= 0.3 is 0 Å². The number of aliphatic hydroxyl groups is 1. The van der Waals surface area contributed by atoms with Crippen molar-refractivity contribution in [3.8, 4) is 0 Å². The van der Waals surface area contributed by atoms with Gasteiger partial charge in [-0.25, -0.2) is 8.42 Å². The summed E-state index contributed by atoms with van der Waals surface area (Å²) >= 11 is 3.16. The molecule has 6 heteroatoms. The third-order valence-electron chi connectivity index (χ3n) is 3.24. The van der Waals surface area contributed by atoms with Crippen LogP contribution in [0, 0.1) is 0 Å². The summed E-state index contributed by atoms with van der Waals surface area (Å²) in [5, 5.41) is 11.7. The number of nitrogens with zero attached hydrogens (tertiary/aromatic N) is 1. The predicted molar refractivity (Wildman–Crippen MR) is 78.3 cm³/mol. The first kappa shape index (κ1) is 12.9. The van der Waals surface area contributed by atoms with Crippen molar-refractivity contribution < 1.29 is 13.5 Å². The summed E-state index contributed by atoms with van der Waals surface area (Å²) in [6.45, 7) is 0.0569. The van der Waals surface area contributed by atoms with E-state index >= 15 is 0 Å². The molecule has 3 rings (SSSR count). The Morgan fingerprint density at radius 1 is 1.21 bits per heavy atom. The fourth-order valence-corrected chi connectivity index (χ4v) is 4.35. The van der Waals surface area contributed by atoms with Gasteiger partial charge in [0.1, 0.15) is 0 Å². The lowest BCUT2D eigenvalue weighted by atomic mass is 10.1. The Kier molecular flexibility index (Phi) is 3.03. The van der Waals surface area contributed by atoms with Gasteiger partial charge in [-0.3, -0.25) is 4.31 Å². The molecular weight excluding hydrogens is 330 g/mol. The second-order valence-electron chi connectivity index (χ2n) is 4.48. The summed E-state index contributed by atoms with van der Waals surface area (Å²) in [5.41, 5.74) is 0.646. The van der Waals surface area contributed by atoms with E-state index in [0.717, 1.165) is 10.8 Å². The van der Waals surface area contributed by atoms with Crippen molar-refractivity contribution in [3.63, 3.8) is 0 Å². The Morgan fingerprint density at radius 2 is 1.89 bits per heavy atom. The molecule has 0 amide bonds. The van der Waals surface area contributed by atoms with E-state index in [1.54, 1.807) is 18.2 Å². The highest BCUT2D eigenvalue weighted by Crippen LogP contribution is 2.41. The number of rotatable bonds is 3. The van der Waals surface area contributed by atoms with Crippen molar-refractivity contribution in [1.29, 1.82) is 0 Å². The summed E-state index contributed by atoms with van der Waals surface area (Å²) in [7, 11) is -3.55. The van der Waals surface area contributed by atoms with Crippen LogP contribution in [0.1, 0.15) is 0 Å². The molecule has 0 aliphatic carbocycles. The van der Waals surface area contributed by atoms with Crippen LogP contribution in [0.3, 0.4) is 0 Å². The number of β-amino-alcohol motifs (C(OH)–C–C–N with tert-alkyl or cyclic N) is 1. The minimum atomic E-state index is -3.55. The van der Waals surface area contributed by atoms with Crippen LogP contribution in [0.4, 0.5) is 5.69 Å². The van der Waals surface area contributed by atoms with Crippen molar-refractivity contribution in [2.45, 2.75) is 11.0 Å². The van der Waals surface area contributed by atoms with Crippen LogP contribution in [-0.2, 0) is 10.0 Å². The summed E-state index contributed by atoms with van der Waals surface area (Å²) in [6, 6.07) is 10.7. The fourth-order valence-electron chi connectivity index (χ4n) is 2.40. The lowest BCUT2D eigenvalue weighted by Crippen LogP contribution is -2.35. The van der Waals surface area contributed by atoms with Gasteiger partial charge in [0.05, 0.1) is 23.2 Å². The van der Waals surface area contributed by atoms with E-state index < -0.39 is 16.1 Å². The summed E-state index contributed by atoms with van der Waals surface area (Å²) in [4.78, 5) is 0.322. The number of halogens is 1. The van der Waals surface area contributed by atoms with Gasteiger partial charge in [-0.15, -0.1) is 0 Å². The maximum Gasteiger partial charge on any atom is 0.265 e. The van der Waals surface area contributed by atoms with Crippen molar-refractivity contribution in [2.24, 2.45) is 0 Å². The first-order chi connectivity index (χ1) is 9.05. The average Bonchev–Trinajstić information content (AvgIpc) is 2.62. The highest BCUT2D eigenvalue weighted by atomic mass is 79.9. The van der Waals surface area contributed by atoms with Gasteiger partial charge < -0.3 is 5.11 Å². The molecule has 0 aromatic heterocycles. The molecule has 2 aromatic carbocycles. The average molecular weight is 342 g/mol. The maximum atomic E-state index is 12.5. The minimum Gasteiger partial charge on any atom is -0.390 e. The van der Waals surface area contributed by atoms with E-state index in [2.05, 4.69) is 15.9 Å². The number of benzene rings is 2. The predicted octanol–water partition coefficient (Wildman–Crippen LogP) is 2.10. The van der Waals surface area contributed by atoms with Crippen molar-refractivity contribution >= 4 is 42.4 Å². The van der Waals surface area contributed by atoms with Crippen molar-refractivity contribution in [3.05, 3.63) is 36.4 Å². The van der Waals surface area contributed by atoms with Gasteiger partial charge in [0, 0.05) is 10.7 Å². The fraction of sp³-hybridized carbons (Fsp3) is 0.231. The lowest BCUT2D eigenvalue weighted by molar-refractivity contribution is 0.210. The number of alkyl halides is 1. The van der Waals surface area contributed by atoms with E-state index in [1.807, 2.05) is 18.2 Å². The van der Waals surface area contributed by atoms with Crippen LogP contribution in [0.2, 0.25) is 0 Å². The van der Waals surface area contributed by atoms with Gasteiger partial charge in [-0.2, -0.15) is 0 Å². The van der Waals surface area contributed by atoms with Crippen LogP contribution in [0.15, 0.2) is 41.3 Å². The zero-order chi connectivity index (χ0) is 13.6. The second kappa shape index (κ2) is 4.47. The quantitative estimate of drug-likeness (QED) is 0.870. The molecule has 19 heavy (non-hydrogen) atoms. The van der Waals surface area contributed by atoms with E-state index in [4.69, 9.17) is 0 Å². The first-order valence-electron chi connectivity index (χ1n) is 5.84. The van der Waals surface area contributed by atoms with Gasteiger partial charge in [0.25, 0.3) is 10.0 Å². The van der Waals surface area contributed by atoms with Crippen LogP contribution < -0.4 is 4.31 Å². The largest absolute Gasteiger partial charge is 0.390 e. The molecule has 0 bridgehead atoms. The van der Waals surface area contributed by atoms with E-state index in [9.17, 15) is 13.5 Å². The van der Waals surface area contributed by atoms with Gasteiger partial charge in [-0.1, -0.05) is 40.2 Å². The summed E-state index contributed by atoms with van der Waals surface area (Å²) < 4.78 is 26.3. The molecule has 1 heterocycles. The zero-order valence-electron chi connectivity index (χ0n) is 9.95. The van der Waals surface area contributed by atoms with Crippen molar-refractivity contribution in [2.75, 3.05) is 16.2 Å². The standard InChI is InChI=1S/C13H12BrNO3S/c14-7-10(16)8-15-11-5-1-3-9-4-2-6-12(13(9)11)19(15,17)18/h1-6,10,16H,7-8H2. The highest BCUT2D eigenvalue weighted by molar-refractivity contribution is 9.09. The summed E-state index contributed by atoms with van der Waals surface area (Å²) in [5.74, 6) is 0. The number of hydrogen-bond donors (Lipinski definition) is 1. The minimum absolute atomic E-state index is 0.0569. The van der Waals surface area contributed by atoms with Crippen LogP contribution >= 0.6 is 15.9 Å². The molecule has 2 aromatic rings. The third kappa shape index (κ3) is 1.86. The van der Waals surface area contributed by atoms with Gasteiger partial charge in [0.15, 0.2) is 0 Å². The third-order valence-corrected chi connectivity index (χ3v) is 5.81. The van der Waals surface area contributed by atoms with Crippen molar-refractivity contribution in [1.82, 2.24) is 0 Å². The lowest BCUT2D eigenvalue weighted by Gasteiger charge is -2.21. The topological polar surface area (TPSA) is 57.6 Å². The second-order valence-corrected chi connectivity index (χ2v) is 6.95. The maximum absolute atomic E-state index is 12.5. The Hall–Kier alpha value is -1.11. The highest BCUT2D eigenvalue weighted by Gasteiger charge is 2.36. The van der Waals surface area contributed by atoms with Gasteiger partial charge in [-0.05, 0) is 17.5 Å². The summed E-state index contributed by atoms with van der Waals surface area (Å²) in [6.07, 6.45) is -0.737. The number of sulfonamides is 1. The molecule has 0 fully saturated rings. The molecule has 4 nitrogen and oxygen atoms in total. The monoisotopic (exact) mass is 341 g/mol. The van der Waals surface area contributed by atoms with Crippen LogP contribution in [-0.4, -0.2) is 31.5 Å². The zero-order valence-corrected chi connectivity index (χ0v) is 12.4. The number of aliphatic hydroxyl groups excluding tert-OH is 1. The molecular formula is C13H12BrNO3S. The molecule has 1 atom stereocenters. The molecule has 100 valence electrons. The number of anilines is 1. The van der Waals surface area contributed by atoms with E-state index in [-0.39, 0.29) is 6.54 Å². The van der Waals surface area contributed by atoms with E-state index in [0.29, 0.717) is 15.9 Å². The first-order valence-corrected chi connectivity index (χ1v) is 8.40. The molecule has 1 aliphatic heterocycles. The van der Waals surface area contributed by atoms with E-state index in [1.165, 1.54) is 4.31 Å². The van der Waals surface area contributed by atoms with Crippen LogP contribution in [0.25, 0.3) is 10.8 Å². The molecule has 1 unspecified atom stereocenters. The Bertz CT molecular complexity index is 739. The van der Waals surface area contributed by atoms with Crippen LogP contribution in [0.5, 0.6) is 0 Å². The molecule has 1 N–H and O–H groups in total. The molecule has 0 saturated heterocycles. The molecule has 0 radical (unpaired) electrons. The number of hydrogen-bond acceptors (Lipinski definition) is 3. The smallest absolute Gasteiger partial charge is 0.265 e. The molecule has 0 spiro atoms. The van der Waals surface area contributed by atoms with Gasteiger partial charge in [0.2, 0.25) is 0 Å². The SMILES string of the molecule is O=S1(=O)c2cccc3cccc(c23)N1CC(O)CBr. The molecule has 0 saturated carbocycles.